The van der Waals surface area contributed by atoms with Crippen LogP contribution in [0.15, 0.2) is 16.7 Å². The molecule has 0 spiro atoms. The predicted octanol–water partition coefficient (Wildman–Crippen LogP) is 2.51. The van der Waals surface area contributed by atoms with Crippen LogP contribution >= 0.6 is 11.3 Å². The first kappa shape index (κ1) is 18.6. The van der Waals surface area contributed by atoms with Gasteiger partial charge in [0.25, 0.3) is 11.8 Å². The van der Waals surface area contributed by atoms with Crippen LogP contribution in [-0.4, -0.2) is 57.9 Å². The summed E-state index contributed by atoms with van der Waals surface area (Å²) in [5, 5.41) is 14.8. The standard InChI is InChI=1S/C18H20N4O5S/c23-17(14-6-7-15(28-14)22(25)26)20-8-10-21(11-9-20)18(24)16-12-4-2-1-3-5-13(12)27-19-16/h6-7H,1-5,8-11H2. The quantitative estimate of drug-likeness (QED) is 0.442. The Morgan fingerprint density at radius 1 is 1.04 bits per heavy atom. The van der Waals surface area contributed by atoms with E-state index in [0.717, 1.165) is 54.8 Å². The van der Waals surface area contributed by atoms with Gasteiger partial charge in [-0.1, -0.05) is 22.9 Å². The van der Waals surface area contributed by atoms with Crippen LogP contribution < -0.4 is 0 Å². The smallest absolute Gasteiger partial charge is 0.324 e. The fourth-order valence-electron chi connectivity index (χ4n) is 3.69. The van der Waals surface area contributed by atoms with Gasteiger partial charge >= 0.3 is 5.00 Å². The van der Waals surface area contributed by atoms with Crippen molar-refractivity contribution in [2.24, 2.45) is 0 Å². The zero-order valence-electron chi connectivity index (χ0n) is 15.3. The van der Waals surface area contributed by atoms with E-state index in [0.29, 0.717) is 36.8 Å². The molecular weight excluding hydrogens is 384 g/mol. The molecule has 0 N–H and O–H groups in total. The molecule has 4 rings (SSSR count). The van der Waals surface area contributed by atoms with Gasteiger partial charge in [-0.2, -0.15) is 0 Å². The lowest BCUT2D eigenvalue weighted by atomic mass is 10.1. The maximum Gasteiger partial charge on any atom is 0.324 e. The van der Waals surface area contributed by atoms with E-state index in [9.17, 15) is 19.7 Å². The van der Waals surface area contributed by atoms with Gasteiger partial charge in [0.2, 0.25) is 0 Å². The third kappa shape index (κ3) is 3.51. The summed E-state index contributed by atoms with van der Waals surface area (Å²) in [7, 11) is 0. The molecule has 1 saturated heterocycles. The van der Waals surface area contributed by atoms with E-state index in [2.05, 4.69) is 5.16 Å². The number of hydrogen-bond donors (Lipinski definition) is 0. The number of carbonyl (C=O) groups excluding carboxylic acids is 2. The molecule has 9 nitrogen and oxygen atoms in total. The SMILES string of the molecule is O=C(c1ccc([N+](=O)[O-])s1)N1CCN(C(=O)c2noc3c2CCCCC3)CC1. The molecule has 2 aliphatic rings. The molecule has 2 aromatic rings. The summed E-state index contributed by atoms with van der Waals surface area (Å²) in [6.45, 7) is 1.58. The molecule has 3 heterocycles. The summed E-state index contributed by atoms with van der Waals surface area (Å²) in [6, 6.07) is 2.82. The van der Waals surface area contributed by atoms with Crippen LogP contribution in [0.5, 0.6) is 0 Å². The van der Waals surface area contributed by atoms with Gasteiger partial charge in [-0.3, -0.25) is 19.7 Å². The Hall–Kier alpha value is -2.75. The number of carbonyl (C=O) groups is 2. The van der Waals surface area contributed by atoms with Gasteiger partial charge in [-0.15, -0.1) is 0 Å². The maximum absolute atomic E-state index is 12.9. The zero-order valence-corrected chi connectivity index (χ0v) is 16.1. The second-order valence-electron chi connectivity index (χ2n) is 6.97. The highest BCUT2D eigenvalue weighted by atomic mass is 32.1. The largest absolute Gasteiger partial charge is 0.360 e. The lowest BCUT2D eigenvalue weighted by Crippen LogP contribution is -2.50. The minimum absolute atomic E-state index is 0.0520. The van der Waals surface area contributed by atoms with Gasteiger partial charge in [0.1, 0.15) is 5.76 Å². The number of thiophene rings is 1. The third-order valence-corrected chi connectivity index (χ3v) is 6.26. The fraction of sp³-hybridized carbons (Fsp3) is 0.500. The zero-order chi connectivity index (χ0) is 19.7. The average Bonchev–Trinajstić information content (AvgIpc) is 3.29. The van der Waals surface area contributed by atoms with Crippen LogP contribution in [-0.2, 0) is 12.8 Å². The molecule has 1 aliphatic heterocycles. The van der Waals surface area contributed by atoms with Gasteiger partial charge < -0.3 is 14.3 Å². The van der Waals surface area contributed by atoms with Crippen molar-refractivity contribution >= 4 is 28.2 Å². The van der Waals surface area contributed by atoms with Crippen molar-refractivity contribution in [1.82, 2.24) is 15.0 Å². The number of piperazine rings is 1. The number of fused-ring (bicyclic) bond motifs is 1. The van der Waals surface area contributed by atoms with Crippen LogP contribution in [0.25, 0.3) is 0 Å². The number of aromatic nitrogens is 1. The Morgan fingerprint density at radius 3 is 2.39 bits per heavy atom. The summed E-state index contributed by atoms with van der Waals surface area (Å²) in [6.07, 6.45) is 4.85. The number of amides is 2. The van der Waals surface area contributed by atoms with E-state index in [1.807, 2.05) is 0 Å². The van der Waals surface area contributed by atoms with E-state index >= 15 is 0 Å². The lowest BCUT2D eigenvalue weighted by Gasteiger charge is -2.34. The van der Waals surface area contributed by atoms with Gasteiger partial charge in [0.05, 0.1) is 9.80 Å². The van der Waals surface area contributed by atoms with E-state index < -0.39 is 4.92 Å². The van der Waals surface area contributed by atoms with E-state index in [1.165, 1.54) is 12.1 Å². The van der Waals surface area contributed by atoms with Crippen molar-refractivity contribution < 1.29 is 19.0 Å². The fourth-order valence-corrected chi connectivity index (χ4v) is 4.48. The third-order valence-electron chi connectivity index (χ3n) is 5.24. The highest BCUT2D eigenvalue weighted by molar-refractivity contribution is 7.17. The monoisotopic (exact) mass is 404 g/mol. The van der Waals surface area contributed by atoms with E-state index in [4.69, 9.17) is 4.52 Å². The second-order valence-corrected chi connectivity index (χ2v) is 8.04. The average molecular weight is 404 g/mol. The van der Waals surface area contributed by atoms with Crippen LogP contribution in [0.4, 0.5) is 5.00 Å². The van der Waals surface area contributed by atoms with Crippen LogP contribution in [0.1, 0.15) is 50.7 Å². The van der Waals surface area contributed by atoms with E-state index in [1.54, 1.807) is 9.80 Å². The minimum Gasteiger partial charge on any atom is -0.360 e. The minimum atomic E-state index is -0.501. The topological polar surface area (TPSA) is 110 Å². The van der Waals surface area contributed by atoms with Crippen LogP contribution in [0.3, 0.4) is 0 Å². The maximum atomic E-state index is 12.9. The first-order valence-electron chi connectivity index (χ1n) is 9.35. The first-order chi connectivity index (χ1) is 13.5. The number of nitrogens with zero attached hydrogens (tertiary/aromatic N) is 4. The molecule has 1 aliphatic carbocycles. The molecule has 148 valence electrons. The Labute approximate surface area is 165 Å². The predicted molar refractivity (Wildman–Crippen MR) is 101 cm³/mol. The van der Waals surface area contributed by atoms with Gasteiger partial charge in [0.15, 0.2) is 5.69 Å². The summed E-state index contributed by atoms with van der Waals surface area (Å²) in [5.41, 5.74) is 1.34. The summed E-state index contributed by atoms with van der Waals surface area (Å²) >= 11 is 0.872. The van der Waals surface area contributed by atoms with Crippen LogP contribution in [0, 0.1) is 10.1 Å². The van der Waals surface area contributed by atoms with Gasteiger partial charge in [-0.05, 0) is 25.3 Å². The van der Waals surface area contributed by atoms with Gasteiger partial charge in [0, 0.05) is 44.2 Å². The summed E-state index contributed by atoms with van der Waals surface area (Å²) in [4.78, 5) is 39.4. The number of nitro groups is 1. The molecular formula is C18H20N4O5S. The molecule has 2 amide bonds. The molecule has 2 aromatic heterocycles. The van der Waals surface area contributed by atoms with Crippen molar-refractivity contribution in [3.63, 3.8) is 0 Å². The highest BCUT2D eigenvalue weighted by Gasteiger charge is 2.31. The first-order valence-corrected chi connectivity index (χ1v) is 10.2. The van der Waals surface area contributed by atoms with Gasteiger partial charge in [-0.25, -0.2) is 0 Å². The second kappa shape index (κ2) is 7.70. The van der Waals surface area contributed by atoms with Crippen LogP contribution in [0.2, 0.25) is 0 Å². The molecule has 0 aromatic carbocycles. The Kier molecular flexibility index (Phi) is 5.12. The molecule has 0 saturated carbocycles. The van der Waals surface area contributed by atoms with E-state index in [-0.39, 0.29) is 16.8 Å². The molecule has 10 heteroatoms. The van der Waals surface area contributed by atoms with Crippen molar-refractivity contribution in [3.8, 4) is 0 Å². The van der Waals surface area contributed by atoms with Crippen molar-refractivity contribution in [2.75, 3.05) is 26.2 Å². The van der Waals surface area contributed by atoms with Crippen molar-refractivity contribution in [3.05, 3.63) is 44.1 Å². The number of hydrogen-bond acceptors (Lipinski definition) is 7. The molecule has 0 bridgehead atoms. The molecule has 1 fully saturated rings. The van der Waals surface area contributed by atoms with Crippen molar-refractivity contribution in [2.45, 2.75) is 32.1 Å². The number of aryl methyl sites for hydroxylation is 1. The lowest BCUT2D eigenvalue weighted by molar-refractivity contribution is -0.380. The molecule has 0 unspecified atom stereocenters. The number of rotatable bonds is 3. The molecule has 0 radical (unpaired) electrons. The summed E-state index contributed by atoms with van der Waals surface area (Å²) in [5.74, 6) is 0.445. The Balaban J connectivity index is 1.40. The Bertz CT molecular complexity index is 913. The summed E-state index contributed by atoms with van der Waals surface area (Å²) < 4.78 is 5.40. The normalized spacial score (nSPS) is 17.1. The molecule has 28 heavy (non-hydrogen) atoms. The van der Waals surface area contributed by atoms with Crippen molar-refractivity contribution in [1.29, 1.82) is 0 Å². The Morgan fingerprint density at radius 2 is 1.71 bits per heavy atom. The highest BCUT2D eigenvalue weighted by Crippen LogP contribution is 2.27. The molecule has 0 atom stereocenters.